The molecular formula is C30H36N2O2. The van der Waals surface area contributed by atoms with Crippen LogP contribution in [-0.2, 0) is 9.59 Å². The lowest BCUT2D eigenvalue weighted by Gasteiger charge is -2.07. The highest BCUT2D eigenvalue weighted by atomic mass is 16.2. The SMILES string of the molecule is CCCCCCC(=O)Nc1ccccc1C#CC#Cc1ccccc1NC(=O)CCCCCC. The first-order valence-corrected chi connectivity index (χ1v) is 12.4. The van der Waals surface area contributed by atoms with Gasteiger partial charge in [-0.25, -0.2) is 0 Å². The van der Waals surface area contributed by atoms with Gasteiger partial charge < -0.3 is 10.6 Å². The Bertz CT molecular complexity index is 965. The molecular weight excluding hydrogens is 420 g/mol. The molecule has 4 heteroatoms. The summed E-state index contributed by atoms with van der Waals surface area (Å²) in [6.07, 6.45) is 9.57. The van der Waals surface area contributed by atoms with Gasteiger partial charge in [0.05, 0.1) is 11.4 Å². The lowest BCUT2D eigenvalue weighted by Crippen LogP contribution is -2.12. The van der Waals surface area contributed by atoms with Crippen LogP contribution in [0.25, 0.3) is 0 Å². The third-order valence-electron chi connectivity index (χ3n) is 5.37. The van der Waals surface area contributed by atoms with Crippen LogP contribution in [0.1, 0.15) is 89.2 Å². The highest BCUT2D eigenvalue weighted by Crippen LogP contribution is 2.16. The zero-order valence-electron chi connectivity index (χ0n) is 20.5. The minimum Gasteiger partial charge on any atom is -0.325 e. The normalized spacial score (nSPS) is 9.82. The Kier molecular flexibility index (Phi) is 12.7. The van der Waals surface area contributed by atoms with Gasteiger partial charge in [0, 0.05) is 24.0 Å². The zero-order valence-corrected chi connectivity index (χ0v) is 20.5. The third kappa shape index (κ3) is 10.4. The first-order valence-electron chi connectivity index (χ1n) is 12.4. The van der Waals surface area contributed by atoms with Crippen LogP contribution in [-0.4, -0.2) is 11.8 Å². The van der Waals surface area contributed by atoms with E-state index in [1.807, 2.05) is 48.5 Å². The fraction of sp³-hybridized carbons (Fsp3) is 0.400. The van der Waals surface area contributed by atoms with Gasteiger partial charge in [-0.05, 0) is 48.9 Å². The fourth-order valence-electron chi connectivity index (χ4n) is 3.45. The number of nitrogens with one attached hydrogen (secondary N) is 2. The van der Waals surface area contributed by atoms with Crippen molar-refractivity contribution in [1.82, 2.24) is 0 Å². The molecule has 2 rings (SSSR count). The first kappa shape index (κ1) is 26.7. The van der Waals surface area contributed by atoms with Gasteiger partial charge >= 0.3 is 0 Å². The molecule has 178 valence electrons. The van der Waals surface area contributed by atoms with Gasteiger partial charge in [-0.2, -0.15) is 0 Å². The van der Waals surface area contributed by atoms with Crippen molar-refractivity contribution in [3.63, 3.8) is 0 Å². The van der Waals surface area contributed by atoms with E-state index >= 15 is 0 Å². The van der Waals surface area contributed by atoms with E-state index < -0.39 is 0 Å². The number of carbonyl (C=O) groups is 2. The summed E-state index contributed by atoms with van der Waals surface area (Å²) in [5, 5.41) is 5.93. The summed E-state index contributed by atoms with van der Waals surface area (Å²) in [5.74, 6) is 11.9. The second kappa shape index (κ2) is 16.2. The molecule has 0 fully saturated rings. The number of hydrogen-bond donors (Lipinski definition) is 2. The van der Waals surface area contributed by atoms with Crippen molar-refractivity contribution in [2.24, 2.45) is 0 Å². The topological polar surface area (TPSA) is 58.2 Å². The van der Waals surface area contributed by atoms with Crippen molar-refractivity contribution in [3.05, 3.63) is 59.7 Å². The van der Waals surface area contributed by atoms with Crippen LogP contribution in [0.3, 0.4) is 0 Å². The second-order valence-electron chi connectivity index (χ2n) is 8.31. The van der Waals surface area contributed by atoms with Crippen LogP contribution >= 0.6 is 0 Å². The lowest BCUT2D eigenvalue weighted by molar-refractivity contribution is -0.117. The predicted octanol–water partition coefficient (Wildman–Crippen LogP) is 6.91. The van der Waals surface area contributed by atoms with Crippen LogP contribution in [0.2, 0.25) is 0 Å². The monoisotopic (exact) mass is 456 g/mol. The molecule has 0 atom stereocenters. The van der Waals surface area contributed by atoms with E-state index in [4.69, 9.17) is 0 Å². The van der Waals surface area contributed by atoms with E-state index in [0.717, 1.165) is 62.5 Å². The smallest absolute Gasteiger partial charge is 0.224 e. The van der Waals surface area contributed by atoms with E-state index in [0.29, 0.717) is 24.2 Å². The van der Waals surface area contributed by atoms with Gasteiger partial charge in [0.2, 0.25) is 11.8 Å². The summed E-state index contributed by atoms with van der Waals surface area (Å²) >= 11 is 0. The van der Waals surface area contributed by atoms with Crippen LogP contribution in [0.5, 0.6) is 0 Å². The van der Waals surface area contributed by atoms with Crippen molar-refractivity contribution in [1.29, 1.82) is 0 Å². The molecule has 2 aromatic rings. The Hall–Kier alpha value is -3.50. The highest BCUT2D eigenvalue weighted by molar-refractivity contribution is 5.92. The van der Waals surface area contributed by atoms with E-state index in [2.05, 4.69) is 48.2 Å². The number of anilines is 2. The summed E-state index contributed by atoms with van der Waals surface area (Å²) in [4.78, 5) is 24.5. The van der Waals surface area contributed by atoms with Crippen molar-refractivity contribution in [2.45, 2.75) is 78.1 Å². The maximum Gasteiger partial charge on any atom is 0.224 e. The van der Waals surface area contributed by atoms with E-state index in [-0.39, 0.29) is 11.8 Å². The molecule has 2 N–H and O–H groups in total. The second-order valence-corrected chi connectivity index (χ2v) is 8.31. The third-order valence-corrected chi connectivity index (χ3v) is 5.37. The van der Waals surface area contributed by atoms with Gasteiger partial charge in [0.1, 0.15) is 0 Å². The molecule has 0 spiro atoms. The number of rotatable bonds is 12. The molecule has 2 amide bonds. The minimum absolute atomic E-state index is 0.0100. The largest absolute Gasteiger partial charge is 0.325 e. The molecule has 0 unspecified atom stereocenters. The van der Waals surface area contributed by atoms with E-state index in [9.17, 15) is 9.59 Å². The maximum absolute atomic E-state index is 12.2. The standard InChI is InChI=1S/C30H36N2O2/c1-3-5-7-9-23-29(33)31-27-21-15-13-19-25(27)17-11-12-18-26-20-14-16-22-28(26)32-30(34)24-10-8-6-4-2/h13-16,19-22H,3-10,23-24H2,1-2H3,(H,31,33)(H,32,34). The summed E-state index contributed by atoms with van der Waals surface area (Å²) in [6, 6.07) is 15.0. The van der Waals surface area contributed by atoms with E-state index in [1.54, 1.807) is 0 Å². The van der Waals surface area contributed by atoms with Crippen molar-refractivity contribution in [2.75, 3.05) is 10.6 Å². The average molecular weight is 457 g/mol. The van der Waals surface area contributed by atoms with Gasteiger partial charge in [0.15, 0.2) is 0 Å². The van der Waals surface area contributed by atoms with Crippen molar-refractivity contribution < 1.29 is 9.59 Å². The molecule has 2 aromatic carbocycles. The number of amides is 2. The summed E-state index contributed by atoms with van der Waals surface area (Å²) in [6.45, 7) is 4.31. The van der Waals surface area contributed by atoms with Gasteiger partial charge in [-0.1, -0.05) is 88.5 Å². The maximum atomic E-state index is 12.2. The minimum atomic E-state index is 0.0100. The van der Waals surface area contributed by atoms with Crippen LogP contribution in [0.4, 0.5) is 11.4 Å². The molecule has 0 heterocycles. The Balaban J connectivity index is 2.00. The Morgan fingerprint density at radius 1 is 0.618 bits per heavy atom. The number of benzene rings is 2. The molecule has 0 saturated heterocycles. The molecule has 34 heavy (non-hydrogen) atoms. The molecule has 0 radical (unpaired) electrons. The molecule has 0 bridgehead atoms. The van der Waals surface area contributed by atoms with Gasteiger partial charge in [0.25, 0.3) is 0 Å². The van der Waals surface area contributed by atoms with E-state index in [1.165, 1.54) is 0 Å². The molecule has 0 aromatic heterocycles. The summed E-state index contributed by atoms with van der Waals surface area (Å²) < 4.78 is 0. The van der Waals surface area contributed by atoms with Crippen LogP contribution < -0.4 is 10.6 Å². The highest BCUT2D eigenvalue weighted by Gasteiger charge is 2.06. The van der Waals surface area contributed by atoms with Crippen LogP contribution in [0, 0.1) is 23.7 Å². The zero-order chi connectivity index (χ0) is 24.4. The van der Waals surface area contributed by atoms with Crippen molar-refractivity contribution in [3.8, 4) is 23.7 Å². The number of hydrogen-bond acceptors (Lipinski definition) is 2. The Labute approximate surface area is 204 Å². The quantitative estimate of drug-likeness (QED) is 0.269. The average Bonchev–Trinajstić information content (AvgIpc) is 2.84. The fourth-order valence-corrected chi connectivity index (χ4v) is 3.45. The molecule has 0 aliphatic heterocycles. The van der Waals surface area contributed by atoms with Gasteiger partial charge in [-0.3, -0.25) is 9.59 Å². The molecule has 0 saturated carbocycles. The molecule has 0 aliphatic carbocycles. The first-order chi connectivity index (χ1) is 16.6. The molecule has 0 aliphatic rings. The van der Waals surface area contributed by atoms with Crippen LogP contribution in [0.15, 0.2) is 48.5 Å². The molecule has 4 nitrogen and oxygen atoms in total. The number of para-hydroxylation sites is 2. The van der Waals surface area contributed by atoms with Gasteiger partial charge in [-0.15, -0.1) is 0 Å². The Morgan fingerprint density at radius 2 is 1.03 bits per heavy atom. The lowest BCUT2D eigenvalue weighted by atomic mass is 10.1. The predicted molar refractivity (Wildman–Crippen MR) is 141 cm³/mol. The summed E-state index contributed by atoms with van der Waals surface area (Å²) in [5.41, 5.74) is 2.86. The number of carbonyl (C=O) groups excluding carboxylic acids is 2. The number of unbranched alkanes of at least 4 members (excludes halogenated alkanes) is 6. The summed E-state index contributed by atoms with van der Waals surface area (Å²) in [7, 11) is 0. The van der Waals surface area contributed by atoms with Crippen molar-refractivity contribution >= 4 is 23.2 Å². The Morgan fingerprint density at radius 3 is 1.44 bits per heavy atom.